The van der Waals surface area contributed by atoms with Gasteiger partial charge in [0.25, 0.3) is 0 Å². The number of unbranched alkanes of at least 4 members (excludes halogenated alkanes) is 3. The van der Waals surface area contributed by atoms with Crippen LogP contribution in [0.5, 0.6) is 5.75 Å². The van der Waals surface area contributed by atoms with Crippen LogP contribution in [-0.4, -0.2) is 30.3 Å². The molecule has 0 amide bonds. The number of carboxylic acids is 1. The monoisotopic (exact) mass is 362 g/mol. The van der Waals surface area contributed by atoms with Gasteiger partial charge in [-0.3, -0.25) is 0 Å². The molecule has 1 rings (SSSR count). The minimum absolute atomic E-state index is 0.333. The van der Waals surface area contributed by atoms with Crippen molar-refractivity contribution in [2.24, 2.45) is 0 Å². The number of aliphatic carboxylic acids is 1. The number of esters is 1. The summed E-state index contributed by atoms with van der Waals surface area (Å²) in [6.45, 7) is 10.2. The average molecular weight is 362 g/mol. The standard InChI is InChI=1S/C19H24O5.C2H6/c1-15(2)19(22)24-14-6-4-3-5-13-23-17-10-7-16(8-11-17)9-12-18(20)21;1-2/h7-12H,1,3-6,13-14H2,2H3,(H,20,21);1-2H3/b12-9+;. The van der Waals surface area contributed by atoms with E-state index in [1.807, 2.05) is 38.1 Å². The first kappa shape index (κ1) is 23.4. The van der Waals surface area contributed by atoms with Gasteiger partial charge in [-0.1, -0.05) is 32.6 Å². The first-order valence-electron chi connectivity index (χ1n) is 8.95. The van der Waals surface area contributed by atoms with E-state index in [1.165, 1.54) is 6.08 Å². The summed E-state index contributed by atoms with van der Waals surface area (Å²) in [6, 6.07) is 7.26. The molecule has 1 N–H and O–H groups in total. The maximum atomic E-state index is 11.2. The van der Waals surface area contributed by atoms with Crippen LogP contribution in [0.1, 0.15) is 52.0 Å². The summed E-state index contributed by atoms with van der Waals surface area (Å²) in [5, 5.41) is 8.56. The van der Waals surface area contributed by atoms with Gasteiger partial charge in [-0.05, 0) is 56.4 Å². The summed E-state index contributed by atoms with van der Waals surface area (Å²) < 4.78 is 10.6. The number of carboxylic acid groups (broad SMARTS) is 1. The smallest absolute Gasteiger partial charge is 0.333 e. The molecule has 0 saturated carbocycles. The van der Waals surface area contributed by atoms with Crippen LogP contribution in [0.4, 0.5) is 0 Å². The Bertz CT molecular complexity index is 573. The van der Waals surface area contributed by atoms with Crippen LogP contribution in [0.3, 0.4) is 0 Å². The van der Waals surface area contributed by atoms with Crippen LogP contribution < -0.4 is 4.74 Å². The van der Waals surface area contributed by atoms with Gasteiger partial charge in [-0.25, -0.2) is 9.59 Å². The Morgan fingerprint density at radius 3 is 2.15 bits per heavy atom. The van der Waals surface area contributed by atoms with Crippen molar-refractivity contribution in [3.05, 3.63) is 48.1 Å². The quantitative estimate of drug-likeness (QED) is 0.345. The molecule has 0 radical (unpaired) electrons. The lowest BCUT2D eigenvalue weighted by Gasteiger charge is -2.07. The third-order valence-electron chi connectivity index (χ3n) is 3.19. The largest absolute Gasteiger partial charge is 0.494 e. The average Bonchev–Trinajstić information content (AvgIpc) is 2.64. The topological polar surface area (TPSA) is 72.8 Å². The maximum absolute atomic E-state index is 11.2. The van der Waals surface area contributed by atoms with Gasteiger partial charge in [0.2, 0.25) is 0 Å². The Morgan fingerprint density at radius 1 is 1.04 bits per heavy atom. The number of hydrogen-bond acceptors (Lipinski definition) is 4. The zero-order valence-corrected chi connectivity index (χ0v) is 16.0. The lowest BCUT2D eigenvalue weighted by Crippen LogP contribution is -2.06. The molecule has 1 aromatic rings. The highest BCUT2D eigenvalue weighted by atomic mass is 16.5. The van der Waals surface area contributed by atoms with Crippen molar-refractivity contribution < 1.29 is 24.2 Å². The van der Waals surface area contributed by atoms with Gasteiger partial charge in [0.05, 0.1) is 13.2 Å². The van der Waals surface area contributed by atoms with E-state index in [9.17, 15) is 9.59 Å². The van der Waals surface area contributed by atoms with Crippen LogP contribution in [0.2, 0.25) is 0 Å². The second kappa shape index (κ2) is 14.8. The predicted octanol–water partition coefficient (Wildman–Crippen LogP) is 4.87. The molecule has 0 fully saturated rings. The molecule has 5 heteroatoms. The molecule has 26 heavy (non-hydrogen) atoms. The maximum Gasteiger partial charge on any atom is 0.333 e. The lowest BCUT2D eigenvalue weighted by molar-refractivity contribution is -0.139. The van der Waals surface area contributed by atoms with E-state index < -0.39 is 5.97 Å². The van der Waals surface area contributed by atoms with E-state index in [0.29, 0.717) is 18.8 Å². The van der Waals surface area contributed by atoms with E-state index in [-0.39, 0.29) is 5.97 Å². The van der Waals surface area contributed by atoms with Crippen molar-refractivity contribution in [3.8, 4) is 5.75 Å². The van der Waals surface area contributed by atoms with Crippen molar-refractivity contribution in [2.75, 3.05) is 13.2 Å². The molecule has 0 unspecified atom stereocenters. The molecule has 1 aromatic carbocycles. The number of rotatable bonds is 11. The number of benzene rings is 1. The molecule has 0 heterocycles. The van der Waals surface area contributed by atoms with Gasteiger partial charge >= 0.3 is 11.9 Å². The number of ether oxygens (including phenoxy) is 2. The minimum atomic E-state index is -0.968. The molecule has 0 saturated heterocycles. The van der Waals surface area contributed by atoms with Gasteiger partial charge in [0, 0.05) is 11.6 Å². The Morgan fingerprint density at radius 2 is 1.62 bits per heavy atom. The minimum Gasteiger partial charge on any atom is -0.494 e. The molecule has 0 spiro atoms. The fraction of sp³-hybridized carbons (Fsp3) is 0.429. The molecule has 5 nitrogen and oxygen atoms in total. The van der Waals surface area contributed by atoms with E-state index in [4.69, 9.17) is 14.6 Å². The molecule has 0 bridgehead atoms. The van der Waals surface area contributed by atoms with Crippen molar-refractivity contribution >= 4 is 18.0 Å². The Hall–Kier alpha value is -2.56. The summed E-state index contributed by atoms with van der Waals surface area (Å²) >= 11 is 0. The van der Waals surface area contributed by atoms with E-state index >= 15 is 0 Å². The fourth-order valence-electron chi connectivity index (χ4n) is 1.88. The number of hydrogen-bond donors (Lipinski definition) is 1. The fourth-order valence-corrected chi connectivity index (χ4v) is 1.88. The molecule has 0 aliphatic rings. The zero-order chi connectivity index (χ0) is 19.8. The Balaban J connectivity index is 0.00000301. The second-order valence-electron chi connectivity index (χ2n) is 5.42. The molecular weight excluding hydrogens is 332 g/mol. The van der Waals surface area contributed by atoms with Gasteiger partial charge in [0.15, 0.2) is 0 Å². The molecule has 0 atom stereocenters. The summed E-state index contributed by atoms with van der Waals surface area (Å²) in [7, 11) is 0. The van der Waals surface area contributed by atoms with E-state index in [0.717, 1.165) is 43.1 Å². The molecular formula is C21H30O5. The third-order valence-corrected chi connectivity index (χ3v) is 3.19. The van der Waals surface area contributed by atoms with Crippen molar-refractivity contribution in [1.82, 2.24) is 0 Å². The van der Waals surface area contributed by atoms with Crippen LogP contribution >= 0.6 is 0 Å². The summed E-state index contributed by atoms with van der Waals surface area (Å²) in [5.74, 6) is -0.539. The van der Waals surface area contributed by atoms with Gasteiger partial charge in [-0.15, -0.1) is 0 Å². The zero-order valence-electron chi connectivity index (χ0n) is 16.0. The third kappa shape index (κ3) is 11.9. The SMILES string of the molecule is C=C(C)C(=O)OCCCCCCOc1ccc(/C=C/C(=O)O)cc1.CC. The number of carbonyl (C=O) groups is 2. The highest BCUT2D eigenvalue weighted by molar-refractivity contribution is 5.86. The van der Waals surface area contributed by atoms with Crippen LogP contribution in [0, 0.1) is 0 Å². The highest BCUT2D eigenvalue weighted by Gasteiger charge is 2.01. The summed E-state index contributed by atoms with van der Waals surface area (Å²) in [4.78, 5) is 21.6. The van der Waals surface area contributed by atoms with E-state index in [2.05, 4.69) is 6.58 Å². The highest BCUT2D eigenvalue weighted by Crippen LogP contribution is 2.14. The molecule has 0 aliphatic carbocycles. The van der Waals surface area contributed by atoms with E-state index in [1.54, 1.807) is 6.92 Å². The Kier molecular flexibility index (Phi) is 13.3. The van der Waals surface area contributed by atoms with Crippen molar-refractivity contribution in [3.63, 3.8) is 0 Å². The summed E-state index contributed by atoms with van der Waals surface area (Å²) in [5.41, 5.74) is 1.24. The first-order valence-corrected chi connectivity index (χ1v) is 8.95. The van der Waals surface area contributed by atoms with Crippen LogP contribution in [-0.2, 0) is 14.3 Å². The number of carbonyl (C=O) groups excluding carboxylic acids is 1. The lowest BCUT2D eigenvalue weighted by atomic mass is 10.2. The van der Waals surface area contributed by atoms with Gasteiger partial charge < -0.3 is 14.6 Å². The Labute approximate surface area is 156 Å². The normalized spacial score (nSPS) is 9.96. The predicted molar refractivity (Wildman–Crippen MR) is 104 cm³/mol. The molecule has 0 aliphatic heterocycles. The summed E-state index contributed by atoms with van der Waals surface area (Å²) in [6.07, 6.45) is 6.38. The van der Waals surface area contributed by atoms with Crippen molar-refractivity contribution in [1.29, 1.82) is 0 Å². The second-order valence-corrected chi connectivity index (χ2v) is 5.42. The molecule has 144 valence electrons. The van der Waals surface area contributed by atoms with Gasteiger partial charge in [-0.2, -0.15) is 0 Å². The van der Waals surface area contributed by atoms with Gasteiger partial charge in [0.1, 0.15) is 5.75 Å². The van der Waals surface area contributed by atoms with Crippen LogP contribution in [0.25, 0.3) is 6.08 Å². The first-order chi connectivity index (χ1) is 12.5. The van der Waals surface area contributed by atoms with Crippen molar-refractivity contribution in [2.45, 2.75) is 46.5 Å². The van der Waals surface area contributed by atoms with Crippen LogP contribution in [0.15, 0.2) is 42.5 Å². The molecule has 0 aromatic heterocycles.